The van der Waals surface area contributed by atoms with Gasteiger partial charge in [0.25, 0.3) is 10.0 Å². The van der Waals surface area contributed by atoms with Crippen molar-refractivity contribution in [3.05, 3.63) is 29.5 Å². The molecule has 0 amide bonds. The van der Waals surface area contributed by atoms with Gasteiger partial charge in [0.15, 0.2) is 5.13 Å². The fourth-order valence-electron chi connectivity index (χ4n) is 4.29. The number of aromatic nitrogens is 1. The third-order valence-electron chi connectivity index (χ3n) is 5.61. The van der Waals surface area contributed by atoms with Crippen LogP contribution in [0.15, 0.2) is 28.6 Å². The lowest BCUT2D eigenvalue weighted by Crippen LogP contribution is -2.53. The van der Waals surface area contributed by atoms with Crippen molar-refractivity contribution >= 4 is 32.2 Å². The highest BCUT2D eigenvalue weighted by atomic mass is 32.2. The van der Waals surface area contributed by atoms with Crippen molar-refractivity contribution in [3.63, 3.8) is 0 Å². The van der Waals surface area contributed by atoms with Gasteiger partial charge in [0.1, 0.15) is 23.1 Å². The number of hydrogen-bond acceptors (Lipinski definition) is 7. The molecule has 2 heterocycles. The van der Waals surface area contributed by atoms with Crippen LogP contribution in [0.2, 0.25) is 0 Å². The minimum atomic E-state index is -4.10. The van der Waals surface area contributed by atoms with Crippen molar-refractivity contribution in [1.82, 2.24) is 9.88 Å². The topological polar surface area (TPSA) is 74.8 Å². The fraction of sp³-hybridized carbons (Fsp3) is 0.526. The molecule has 1 N–H and O–H groups in total. The van der Waals surface area contributed by atoms with Gasteiger partial charge < -0.3 is 14.5 Å². The van der Waals surface area contributed by atoms with E-state index in [-0.39, 0.29) is 11.2 Å². The second-order valence-corrected chi connectivity index (χ2v) is 10.2. The normalized spacial score (nSPS) is 22.3. The average molecular weight is 441 g/mol. The van der Waals surface area contributed by atoms with Gasteiger partial charge in [-0.3, -0.25) is 4.72 Å². The predicted molar refractivity (Wildman–Crippen MR) is 112 cm³/mol. The number of fused-ring (bicyclic) bond motifs is 1. The van der Waals surface area contributed by atoms with E-state index < -0.39 is 20.7 Å². The summed E-state index contributed by atoms with van der Waals surface area (Å²) in [6.07, 6.45) is 5.92. The molecule has 2 aromatic rings. The summed E-state index contributed by atoms with van der Waals surface area (Å²) >= 11 is 1.13. The van der Waals surface area contributed by atoms with Crippen molar-refractivity contribution in [2.24, 2.45) is 0 Å². The zero-order valence-electron chi connectivity index (χ0n) is 16.5. The molecule has 7 nitrogen and oxygen atoms in total. The summed E-state index contributed by atoms with van der Waals surface area (Å²) in [5.41, 5.74) is 0.626. The summed E-state index contributed by atoms with van der Waals surface area (Å²) in [7, 11) is 0.0508. The van der Waals surface area contributed by atoms with E-state index in [2.05, 4.69) is 33.6 Å². The Morgan fingerprint density at radius 1 is 1.31 bits per heavy atom. The van der Waals surface area contributed by atoms with E-state index >= 15 is 0 Å². The number of nitrogens with one attached hydrogen (secondary N) is 1. The lowest BCUT2D eigenvalue weighted by atomic mass is 9.88. The zero-order chi connectivity index (χ0) is 20.6. The van der Waals surface area contributed by atoms with Gasteiger partial charge in [0.05, 0.1) is 12.2 Å². The van der Waals surface area contributed by atoms with E-state index in [1.807, 2.05) is 0 Å². The number of halogens is 1. The Balaban J connectivity index is 1.68. The summed E-state index contributed by atoms with van der Waals surface area (Å²) in [5, 5.41) is 1.84. The molecule has 10 heteroatoms. The lowest BCUT2D eigenvalue weighted by molar-refractivity contribution is 0.184. The van der Waals surface area contributed by atoms with E-state index in [0.717, 1.165) is 30.6 Å². The lowest BCUT2D eigenvalue weighted by Gasteiger charge is -2.45. The van der Waals surface area contributed by atoms with Gasteiger partial charge in [0.2, 0.25) is 0 Å². The van der Waals surface area contributed by atoms with Crippen LogP contribution < -0.4 is 14.4 Å². The highest BCUT2D eigenvalue weighted by Gasteiger charge is 2.35. The average Bonchev–Trinajstić information content (AvgIpc) is 3.19. The van der Waals surface area contributed by atoms with Crippen molar-refractivity contribution in [2.75, 3.05) is 36.9 Å². The van der Waals surface area contributed by atoms with Crippen LogP contribution >= 0.6 is 11.3 Å². The van der Waals surface area contributed by atoms with Crippen molar-refractivity contribution in [1.29, 1.82) is 0 Å². The molecule has 1 aromatic heterocycles. The third-order valence-corrected chi connectivity index (χ3v) is 7.79. The monoisotopic (exact) mass is 440 g/mol. The van der Waals surface area contributed by atoms with Crippen molar-refractivity contribution < 1.29 is 17.5 Å². The predicted octanol–water partition coefficient (Wildman–Crippen LogP) is 3.15. The van der Waals surface area contributed by atoms with Crippen LogP contribution in [0.4, 0.5) is 15.2 Å². The van der Waals surface area contributed by atoms with Gasteiger partial charge in [-0.1, -0.05) is 12.8 Å². The van der Waals surface area contributed by atoms with Crippen LogP contribution in [-0.4, -0.2) is 57.6 Å². The van der Waals surface area contributed by atoms with Crippen LogP contribution in [0, 0.1) is 5.82 Å². The number of anilines is 2. The zero-order valence-corrected chi connectivity index (χ0v) is 18.1. The molecule has 0 saturated heterocycles. The molecular weight excluding hydrogens is 415 g/mol. The largest absolute Gasteiger partial charge is 0.490 e. The summed E-state index contributed by atoms with van der Waals surface area (Å²) in [4.78, 5) is 7.89. The molecule has 1 aliphatic carbocycles. The Labute approximate surface area is 174 Å². The number of thiazole rings is 1. The number of benzene rings is 1. The van der Waals surface area contributed by atoms with E-state index in [1.165, 1.54) is 24.8 Å². The maximum atomic E-state index is 15.0. The summed E-state index contributed by atoms with van der Waals surface area (Å²) < 4.78 is 48.4. The first-order chi connectivity index (χ1) is 13.9. The molecule has 0 unspecified atom stereocenters. The van der Waals surface area contributed by atoms with Gasteiger partial charge in [-0.25, -0.2) is 17.8 Å². The first kappa shape index (κ1) is 20.4. The molecule has 1 fully saturated rings. The molecule has 4 rings (SSSR count). The van der Waals surface area contributed by atoms with E-state index in [1.54, 1.807) is 5.38 Å². The van der Waals surface area contributed by atoms with Gasteiger partial charge in [-0.05, 0) is 26.9 Å². The second-order valence-electron chi connectivity index (χ2n) is 7.62. The first-order valence-corrected chi connectivity index (χ1v) is 12.0. The second kappa shape index (κ2) is 8.08. The smallest absolute Gasteiger partial charge is 0.266 e. The highest BCUT2D eigenvalue weighted by Crippen LogP contribution is 2.40. The van der Waals surface area contributed by atoms with Gasteiger partial charge in [-0.2, -0.15) is 0 Å². The van der Waals surface area contributed by atoms with Gasteiger partial charge >= 0.3 is 0 Å². The summed E-state index contributed by atoms with van der Waals surface area (Å²) in [6, 6.07) is 3.20. The first-order valence-electron chi connectivity index (χ1n) is 9.68. The maximum absolute atomic E-state index is 15.0. The fourth-order valence-corrected chi connectivity index (χ4v) is 6.15. The van der Waals surface area contributed by atoms with Crippen molar-refractivity contribution in [2.45, 2.75) is 42.7 Å². The van der Waals surface area contributed by atoms with Crippen molar-refractivity contribution in [3.8, 4) is 5.75 Å². The van der Waals surface area contributed by atoms with E-state index in [9.17, 15) is 12.8 Å². The SMILES string of the molecule is CN(C)[C@H]1CCCC[C@@H]1N1CCOc2cc(S(=O)(=O)Nc3nccs3)c(F)cc21. The van der Waals surface area contributed by atoms with Crippen LogP contribution in [0.25, 0.3) is 0 Å². The number of rotatable bonds is 5. The Hall–Kier alpha value is -1.91. The molecule has 2 atom stereocenters. The van der Waals surface area contributed by atoms with Crippen LogP contribution in [0.1, 0.15) is 25.7 Å². The molecule has 1 aliphatic heterocycles. The molecule has 0 radical (unpaired) electrons. The number of hydrogen-bond donors (Lipinski definition) is 1. The van der Waals surface area contributed by atoms with E-state index in [4.69, 9.17) is 4.74 Å². The summed E-state index contributed by atoms with van der Waals surface area (Å²) in [5.74, 6) is -0.388. The van der Waals surface area contributed by atoms with E-state index in [0.29, 0.717) is 30.6 Å². The standard InChI is InChI=1S/C19H25FN4O3S2/c1-23(2)14-5-3-4-6-15(14)24-8-9-27-17-12-18(13(20)11-16(17)24)29(25,26)22-19-21-7-10-28-19/h7,10-12,14-15H,3-6,8-9H2,1-2H3,(H,21,22)/t14-,15-/m0/s1. The number of sulfonamides is 1. The quantitative estimate of drug-likeness (QED) is 0.770. The van der Waals surface area contributed by atoms with Crippen LogP contribution in [0.3, 0.4) is 0 Å². The molecule has 1 saturated carbocycles. The van der Waals surface area contributed by atoms with Crippen LogP contribution in [0.5, 0.6) is 5.75 Å². The van der Waals surface area contributed by atoms with Gasteiger partial charge in [-0.15, -0.1) is 11.3 Å². The highest BCUT2D eigenvalue weighted by molar-refractivity contribution is 7.93. The number of nitrogens with zero attached hydrogens (tertiary/aromatic N) is 3. The molecule has 0 spiro atoms. The Kier molecular flexibility index (Phi) is 5.67. The summed E-state index contributed by atoms with van der Waals surface area (Å²) in [6.45, 7) is 1.10. The maximum Gasteiger partial charge on any atom is 0.266 e. The third kappa shape index (κ3) is 4.06. The molecule has 2 aliphatic rings. The molecule has 158 valence electrons. The minimum absolute atomic E-state index is 0.195. The molecule has 0 bridgehead atoms. The molecular formula is C19H25FN4O3S2. The Bertz CT molecular complexity index is 966. The Morgan fingerprint density at radius 3 is 2.83 bits per heavy atom. The molecule has 1 aromatic carbocycles. The van der Waals surface area contributed by atoms with Gasteiger partial charge in [0, 0.05) is 35.8 Å². The minimum Gasteiger partial charge on any atom is -0.490 e. The number of likely N-dealkylation sites (N-methyl/N-ethyl adjacent to an activating group) is 1. The Morgan fingerprint density at radius 2 is 2.10 bits per heavy atom. The molecule has 29 heavy (non-hydrogen) atoms. The van der Waals surface area contributed by atoms with Crippen LogP contribution in [-0.2, 0) is 10.0 Å². The number of ether oxygens (including phenoxy) is 1.